The summed E-state index contributed by atoms with van der Waals surface area (Å²) in [5, 5.41) is 11.5. The van der Waals surface area contributed by atoms with Gasteiger partial charge in [0, 0.05) is 12.5 Å². The largest absolute Gasteiger partial charge is 0.481 e. The average molecular weight is 381 g/mol. The normalized spacial score (nSPS) is 17.7. The van der Waals surface area contributed by atoms with Crippen LogP contribution >= 0.6 is 0 Å². The zero-order valence-electron chi connectivity index (χ0n) is 15.5. The SMILES string of the molecule is Cc1ccc(C)c(S(=O)(=O)C2(C(=O)NC(C)CCC(=O)O)CCCC2)c1. The summed E-state index contributed by atoms with van der Waals surface area (Å²) in [7, 11) is -3.86. The Bertz CT molecular complexity index is 794. The van der Waals surface area contributed by atoms with Gasteiger partial charge < -0.3 is 10.4 Å². The van der Waals surface area contributed by atoms with Gasteiger partial charge in [0.15, 0.2) is 14.6 Å². The molecule has 0 radical (unpaired) electrons. The lowest BCUT2D eigenvalue weighted by Gasteiger charge is -2.30. The number of carbonyl (C=O) groups excluding carboxylic acids is 1. The average Bonchev–Trinajstić information content (AvgIpc) is 3.06. The molecule has 6 nitrogen and oxygen atoms in total. The van der Waals surface area contributed by atoms with Gasteiger partial charge in [-0.2, -0.15) is 0 Å². The fourth-order valence-corrected chi connectivity index (χ4v) is 5.92. The Morgan fingerprint density at radius 2 is 1.85 bits per heavy atom. The summed E-state index contributed by atoms with van der Waals surface area (Å²) in [6, 6.07) is 4.85. The summed E-state index contributed by atoms with van der Waals surface area (Å²) in [5.41, 5.74) is 1.46. The predicted molar refractivity (Wildman–Crippen MR) is 98.8 cm³/mol. The molecule has 2 rings (SSSR count). The molecule has 1 unspecified atom stereocenters. The van der Waals surface area contributed by atoms with Crippen LogP contribution in [0.5, 0.6) is 0 Å². The Balaban J connectivity index is 2.35. The highest BCUT2D eigenvalue weighted by molar-refractivity contribution is 7.93. The third kappa shape index (κ3) is 3.92. The van der Waals surface area contributed by atoms with Gasteiger partial charge in [-0.15, -0.1) is 0 Å². The van der Waals surface area contributed by atoms with E-state index < -0.39 is 32.5 Å². The molecule has 0 saturated heterocycles. The molecule has 1 aromatic carbocycles. The number of hydrogen-bond acceptors (Lipinski definition) is 4. The lowest BCUT2D eigenvalue weighted by Crippen LogP contribution is -2.53. The van der Waals surface area contributed by atoms with E-state index in [1.54, 1.807) is 26.0 Å². The number of carboxylic acids is 1. The van der Waals surface area contributed by atoms with Gasteiger partial charge in [0.25, 0.3) is 0 Å². The van der Waals surface area contributed by atoms with Crippen molar-refractivity contribution in [1.29, 1.82) is 0 Å². The second-order valence-electron chi connectivity index (χ2n) is 7.28. The molecule has 2 N–H and O–H groups in total. The minimum atomic E-state index is -3.86. The van der Waals surface area contributed by atoms with E-state index in [1.165, 1.54) is 0 Å². The summed E-state index contributed by atoms with van der Waals surface area (Å²) in [6.07, 6.45) is 2.14. The van der Waals surface area contributed by atoms with Crippen LogP contribution in [0.25, 0.3) is 0 Å². The van der Waals surface area contributed by atoms with Crippen molar-refractivity contribution in [3.63, 3.8) is 0 Å². The summed E-state index contributed by atoms with van der Waals surface area (Å²) >= 11 is 0. The molecule has 26 heavy (non-hydrogen) atoms. The van der Waals surface area contributed by atoms with E-state index in [2.05, 4.69) is 5.32 Å². The molecule has 0 aromatic heterocycles. The number of carboxylic acid groups (broad SMARTS) is 1. The Labute approximate surface area is 154 Å². The molecule has 1 aromatic rings. The minimum Gasteiger partial charge on any atom is -0.481 e. The van der Waals surface area contributed by atoms with Crippen molar-refractivity contribution in [2.45, 2.75) is 75.0 Å². The smallest absolute Gasteiger partial charge is 0.303 e. The molecule has 144 valence electrons. The number of amides is 1. The van der Waals surface area contributed by atoms with Crippen LogP contribution in [-0.4, -0.2) is 36.2 Å². The Morgan fingerprint density at radius 1 is 1.23 bits per heavy atom. The highest BCUT2D eigenvalue weighted by atomic mass is 32.2. The Kier molecular flexibility index (Phi) is 6.11. The maximum atomic E-state index is 13.5. The number of hydrogen-bond donors (Lipinski definition) is 2. The van der Waals surface area contributed by atoms with Gasteiger partial charge in [0.2, 0.25) is 5.91 Å². The van der Waals surface area contributed by atoms with Crippen LogP contribution in [0.4, 0.5) is 0 Å². The van der Waals surface area contributed by atoms with Crippen molar-refractivity contribution in [1.82, 2.24) is 5.32 Å². The second-order valence-corrected chi connectivity index (χ2v) is 9.51. The quantitative estimate of drug-likeness (QED) is 0.756. The Hall–Kier alpha value is -1.89. The number of nitrogens with one attached hydrogen (secondary N) is 1. The fourth-order valence-electron chi connectivity index (χ4n) is 3.54. The van der Waals surface area contributed by atoms with Crippen molar-refractivity contribution < 1.29 is 23.1 Å². The van der Waals surface area contributed by atoms with Crippen LogP contribution in [-0.2, 0) is 19.4 Å². The molecule has 0 heterocycles. The van der Waals surface area contributed by atoms with Crippen LogP contribution in [0.1, 0.15) is 56.6 Å². The number of sulfone groups is 1. The third-order valence-electron chi connectivity index (χ3n) is 5.14. The maximum Gasteiger partial charge on any atom is 0.303 e. The van der Waals surface area contributed by atoms with Crippen molar-refractivity contribution in [2.75, 3.05) is 0 Å². The van der Waals surface area contributed by atoms with Crippen LogP contribution in [0.2, 0.25) is 0 Å². The zero-order valence-corrected chi connectivity index (χ0v) is 16.4. The molecule has 0 bridgehead atoms. The van der Waals surface area contributed by atoms with Crippen LogP contribution in [0.3, 0.4) is 0 Å². The van der Waals surface area contributed by atoms with Gasteiger partial charge >= 0.3 is 5.97 Å². The molecule has 1 fully saturated rings. The van der Waals surface area contributed by atoms with Gasteiger partial charge in [-0.1, -0.05) is 25.0 Å². The van der Waals surface area contributed by atoms with E-state index >= 15 is 0 Å². The second kappa shape index (κ2) is 7.78. The lowest BCUT2D eigenvalue weighted by atomic mass is 10.0. The first-order valence-electron chi connectivity index (χ1n) is 8.95. The molecule has 1 aliphatic carbocycles. The number of benzene rings is 1. The highest BCUT2D eigenvalue weighted by Crippen LogP contribution is 2.41. The monoisotopic (exact) mass is 381 g/mol. The molecule has 7 heteroatoms. The lowest BCUT2D eigenvalue weighted by molar-refractivity contribution is -0.137. The molecular formula is C19H27NO5S. The minimum absolute atomic E-state index is 0.0712. The highest BCUT2D eigenvalue weighted by Gasteiger charge is 2.53. The molecule has 0 aliphatic heterocycles. The first kappa shape index (κ1) is 20.4. The van der Waals surface area contributed by atoms with Crippen molar-refractivity contribution in [3.05, 3.63) is 29.3 Å². The van der Waals surface area contributed by atoms with E-state index in [0.29, 0.717) is 31.2 Å². The molecular weight excluding hydrogens is 354 g/mol. The number of aryl methyl sites for hydroxylation is 2. The van der Waals surface area contributed by atoms with Gasteiger partial charge in [0.1, 0.15) is 0 Å². The van der Waals surface area contributed by atoms with E-state index in [-0.39, 0.29) is 17.7 Å². The first-order valence-corrected chi connectivity index (χ1v) is 10.4. The fraction of sp³-hybridized carbons (Fsp3) is 0.579. The van der Waals surface area contributed by atoms with E-state index in [0.717, 1.165) is 5.56 Å². The van der Waals surface area contributed by atoms with E-state index in [4.69, 9.17) is 5.11 Å². The standard InChI is InChI=1S/C19H27NO5S/c1-13-6-7-14(2)16(12-13)26(24,25)19(10-4-5-11-19)18(23)20-15(3)8-9-17(21)22/h6-7,12,15H,4-5,8-11H2,1-3H3,(H,20,23)(H,21,22). The topological polar surface area (TPSA) is 101 Å². The molecule has 0 spiro atoms. The zero-order chi connectivity index (χ0) is 19.5. The van der Waals surface area contributed by atoms with E-state index in [9.17, 15) is 18.0 Å². The summed E-state index contributed by atoms with van der Waals surface area (Å²) in [4.78, 5) is 23.9. The summed E-state index contributed by atoms with van der Waals surface area (Å²) in [6.45, 7) is 5.27. The van der Waals surface area contributed by atoms with Crippen LogP contribution < -0.4 is 5.32 Å². The third-order valence-corrected chi connectivity index (χ3v) is 7.78. The summed E-state index contributed by atoms with van der Waals surface area (Å²) in [5.74, 6) is -1.45. The molecule has 1 atom stereocenters. The van der Waals surface area contributed by atoms with Gasteiger partial charge in [0.05, 0.1) is 4.90 Å². The van der Waals surface area contributed by atoms with Crippen molar-refractivity contribution >= 4 is 21.7 Å². The first-order chi connectivity index (χ1) is 12.1. The molecule has 1 aliphatic rings. The number of carbonyl (C=O) groups is 2. The van der Waals surface area contributed by atoms with Crippen molar-refractivity contribution in [2.24, 2.45) is 0 Å². The maximum absolute atomic E-state index is 13.5. The summed E-state index contributed by atoms with van der Waals surface area (Å²) < 4.78 is 25.5. The van der Waals surface area contributed by atoms with Crippen LogP contribution in [0.15, 0.2) is 23.1 Å². The van der Waals surface area contributed by atoms with E-state index in [1.807, 2.05) is 13.0 Å². The van der Waals surface area contributed by atoms with Crippen LogP contribution in [0, 0.1) is 13.8 Å². The number of rotatable bonds is 7. The molecule has 1 amide bonds. The van der Waals surface area contributed by atoms with Gasteiger partial charge in [-0.25, -0.2) is 8.42 Å². The van der Waals surface area contributed by atoms with Gasteiger partial charge in [-0.05, 0) is 57.2 Å². The van der Waals surface area contributed by atoms with Gasteiger partial charge in [-0.3, -0.25) is 9.59 Å². The van der Waals surface area contributed by atoms with Crippen molar-refractivity contribution in [3.8, 4) is 0 Å². The Morgan fingerprint density at radius 3 is 2.42 bits per heavy atom. The number of aliphatic carboxylic acids is 1. The molecule has 1 saturated carbocycles. The predicted octanol–water partition coefficient (Wildman–Crippen LogP) is 2.76.